The first kappa shape index (κ1) is 11.9. The fourth-order valence-electron chi connectivity index (χ4n) is 1.30. The molecule has 90 valence electrons. The first-order chi connectivity index (χ1) is 8.19. The van der Waals surface area contributed by atoms with Crippen LogP contribution in [0.15, 0.2) is 33.7 Å². The van der Waals surface area contributed by atoms with Crippen molar-refractivity contribution in [2.24, 2.45) is 0 Å². The zero-order chi connectivity index (χ0) is 12.3. The molecule has 1 heterocycles. The van der Waals surface area contributed by atoms with Gasteiger partial charge in [-0.25, -0.2) is 4.39 Å². The molecule has 6 heteroatoms. The Bertz CT molecular complexity index is 542. The third-order valence-corrected chi connectivity index (χ3v) is 3.43. The number of aromatic nitrogens is 2. The lowest BCUT2D eigenvalue weighted by atomic mass is 10.4. The molecular formula is C11H11FN2O2S. The highest BCUT2D eigenvalue weighted by Crippen LogP contribution is 2.12. The molecule has 1 unspecified atom stereocenters. The van der Waals surface area contributed by atoms with Gasteiger partial charge in [-0.2, -0.15) is 4.98 Å². The van der Waals surface area contributed by atoms with Crippen LogP contribution < -0.4 is 0 Å². The zero-order valence-corrected chi connectivity index (χ0v) is 10.0. The SMILES string of the molecule is CCc1nc(CS(=O)c2cccc(F)c2)no1. The summed E-state index contributed by atoms with van der Waals surface area (Å²) in [5.74, 6) is 0.617. The van der Waals surface area contributed by atoms with Crippen molar-refractivity contribution < 1.29 is 13.1 Å². The molecule has 0 fully saturated rings. The molecule has 0 saturated carbocycles. The number of hydrogen-bond donors (Lipinski definition) is 0. The van der Waals surface area contributed by atoms with Gasteiger partial charge in [0.1, 0.15) is 5.82 Å². The molecule has 1 aromatic heterocycles. The second-order valence-corrected chi connectivity index (χ2v) is 4.86. The second kappa shape index (κ2) is 5.18. The van der Waals surface area contributed by atoms with E-state index < -0.39 is 16.6 Å². The van der Waals surface area contributed by atoms with E-state index in [4.69, 9.17) is 4.52 Å². The Morgan fingerprint density at radius 1 is 1.47 bits per heavy atom. The maximum atomic E-state index is 12.9. The van der Waals surface area contributed by atoms with E-state index in [1.165, 1.54) is 18.2 Å². The van der Waals surface area contributed by atoms with Crippen LogP contribution in [0.3, 0.4) is 0 Å². The monoisotopic (exact) mass is 254 g/mol. The molecule has 1 aromatic carbocycles. The maximum absolute atomic E-state index is 12.9. The predicted molar refractivity (Wildman–Crippen MR) is 60.2 cm³/mol. The van der Waals surface area contributed by atoms with Crippen molar-refractivity contribution in [3.05, 3.63) is 41.8 Å². The molecule has 0 N–H and O–H groups in total. The van der Waals surface area contributed by atoms with Gasteiger partial charge in [-0.3, -0.25) is 4.21 Å². The molecule has 0 aliphatic rings. The minimum atomic E-state index is -1.36. The quantitative estimate of drug-likeness (QED) is 0.838. The number of hydrogen-bond acceptors (Lipinski definition) is 4. The fraction of sp³-hybridized carbons (Fsp3) is 0.273. The van der Waals surface area contributed by atoms with Gasteiger partial charge in [0.15, 0.2) is 5.82 Å². The number of nitrogens with zero attached hydrogens (tertiary/aromatic N) is 2. The van der Waals surface area contributed by atoms with Crippen LogP contribution in [0.5, 0.6) is 0 Å². The Kier molecular flexibility index (Phi) is 3.63. The fourth-order valence-corrected chi connectivity index (χ4v) is 2.29. The number of halogens is 1. The molecule has 0 aliphatic carbocycles. The summed E-state index contributed by atoms with van der Waals surface area (Å²) in [4.78, 5) is 4.48. The largest absolute Gasteiger partial charge is 0.339 e. The van der Waals surface area contributed by atoms with Crippen LogP contribution >= 0.6 is 0 Å². The van der Waals surface area contributed by atoms with E-state index in [0.717, 1.165) is 0 Å². The molecule has 4 nitrogen and oxygen atoms in total. The minimum Gasteiger partial charge on any atom is -0.339 e. The third kappa shape index (κ3) is 2.97. The second-order valence-electron chi connectivity index (χ2n) is 3.41. The Morgan fingerprint density at radius 2 is 2.29 bits per heavy atom. The van der Waals surface area contributed by atoms with Crippen molar-refractivity contribution >= 4 is 10.8 Å². The van der Waals surface area contributed by atoms with Crippen LogP contribution in [0, 0.1) is 5.82 Å². The molecule has 2 aromatic rings. The van der Waals surface area contributed by atoms with Crippen molar-refractivity contribution in [3.63, 3.8) is 0 Å². The first-order valence-electron chi connectivity index (χ1n) is 5.14. The summed E-state index contributed by atoms with van der Waals surface area (Å²) in [5, 5.41) is 3.70. The van der Waals surface area contributed by atoms with Crippen molar-refractivity contribution in [2.75, 3.05) is 0 Å². The van der Waals surface area contributed by atoms with E-state index in [-0.39, 0.29) is 5.75 Å². The van der Waals surface area contributed by atoms with Gasteiger partial charge in [0.2, 0.25) is 5.89 Å². The summed E-state index contributed by atoms with van der Waals surface area (Å²) < 4.78 is 29.7. The molecule has 2 rings (SSSR count). The van der Waals surface area contributed by atoms with Crippen molar-refractivity contribution in [1.29, 1.82) is 0 Å². The highest BCUT2D eigenvalue weighted by molar-refractivity contribution is 7.84. The molecule has 1 atom stereocenters. The molecular weight excluding hydrogens is 243 g/mol. The lowest BCUT2D eigenvalue weighted by Gasteiger charge is -1.98. The normalized spacial score (nSPS) is 12.6. The standard InChI is InChI=1S/C11H11FN2O2S/c1-2-11-13-10(14-16-11)7-17(15)9-5-3-4-8(12)6-9/h3-6H,2,7H2,1H3. The van der Waals surface area contributed by atoms with Gasteiger partial charge in [0, 0.05) is 11.3 Å². The van der Waals surface area contributed by atoms with E-state index in [2.05, 4.69) is 10.1 Å². The van der Waals surface area contributed by atoms with Crippen LogP contribution in [0.2, 0.25) is 0 Å². The Hall–Kier alpha value is -1.56. The highest BCUT2D eigenvalue weighted by atomic mass is 32.2. The van der Waals surface area contributed by atoms with Gasteiger partial charge < -0.3 is 4.52 Å². The Morgan fingerprint density at radius 3 is 2.94 bits per heavy atom. The molecule has 0 spiro atoms. The summed E-state index contributed by atoms with van der Waals surface area (Å²) in [5.41, 5.74) is 0. The van der Waals surface area contributed by atoms with E-state index in [1.807, 2.05) is 6.92 Å². The number of rotatable bonds is 4. The molecule has 0 aliphatic heterocycles. The highest BCUT2D eigenvalue weighted by Gasteiger charge is 2.11. The first-order valence-corrected chi connectivity index (χ1v) is 6.46. The van der Waals surface area contributed by atoms with Gasteiger partial charge in [0.05, 0.1) is 16.6 Å². The van der Waals surface area contributed by atoms with Gasteiger partial charge in [-0.15, -0.1) is 0 Å². The van der Waals surface area contributed by atoms with E-state index in [1.54, 1.807) is 6.07 Å². The summed E-state index contributed by atoms with van der Waals surface area (Å²) in [6.07, 6.45) is 0.638. The zero-order valence-electron chi connectivity index (χ0n) is 9.22. The number of aryl methyl sites for hydroxylation is 1. The van der Waals surface area contributed by atoms with Crippen molar-refractivity contribution in [1.82, 2.24) is 10.1 Å². The minimum absolute atomic E-state index is 0.132. The Labute approximate surface area is 100 Å². The van der Waals surface area contributed by atoms with Gasteiger partial charge in [-0.1, -0.05) is 18.1 Å². The summed E-state index contributed by atoms with van der Waals surface area (Å²) in [6.45, 7) is 1.89. The van der Waals surface area contributed by atoms with Crippen molar-refractivity contribution in [2.45, 2.75) is 24.0 Å². The average Bonchev–Trinajstić information content (AvgIpc) is 2.77. The summed E-state index contributed by atoms with van der Waals surface area (Å²) >= 11 is 0. The average molecular weight is 254 g/mol. The van der Waals surface area contributed by atoms with Gasteiger partial charge in [-0.05, 0) is 18.2 Å². The van der Waals surface area contributed by atoms with Crippen LogP contribution in [0.1, 0.15) is 18.6 Å². The topological polar surface area (TPSA) is 56.0 Å². The lowest BCUT2D eigenvalue weighted by Crippen LogP contribution is -1.99. The summed E-state index contributed by atoms with van der Waals surface area (Å²) in [7, 11) is -1.36. The maximum Gasteiger partial charge on any atom is 0.226 e. The van der Waals surface area contributed by atoms with Crippen molar-refractivity contribution in [3.8, 4) is 0 Å². The third-order valence-electron chi connectivity index (χ3n) is 2.13. The smallest absolute Gasteiger partial charge is 0.226 e. The van der Waals surface area contributed by atoms with Gasteiger partial charge in [0.25, 0.3) is 0 Å². The molecule has 0 radical (unpaired) electrons. The molecule has 0 amide bonds. The molecule has 17 heavy (non-hydrogen) atoms. The molecule has 0 saturated heterocycles. The van der Waals surface area contributed by atoms with Crippen LogP contribution in [0.4, 0.5) is 4.39 Å². The van der Waals surface area contributed by atoms with E-state index in [0.29, 0.717) is 23.0 Å². The Balaban J connectivity index is 2.11. The van der Waals surface area contributed by atoms with Crippen LogP contribution in [0.25, 0.3) is 0 Å². The van der Waals surface area contributed by atoms with E-state index >= 15 is 0 Å². The summed E-state index contributed by atoms with van der Waals surface area (Å²) in [6, 6.07) is 5.69. The number of benzene rings is 1. The van der Waals surface area contributed by atoms with Crippen LogP contribution in [-0.2, 0) is 23.0 Å². The van der Waals surface area contributed by atoms with Gasteiger partial charge >= 0.3 is 0 Å². The lowest BCUT2D eigenvalue weighted by molar-refractivity contribution is 0.378. The molecule has 0 bridgehead atoms. The van der Waals surface area contributed by atoms with E-state index in [9.17, 15) is 8.60 Å². The predicted octanol–water partition coefficient (Wildman–Crippen LogP) is 2.08. The van der Waals surface area contributed by atoms with Crippen LogP contribution in [-0.4, -0.2) is 14.3 Å².